The van der Waals surface area contributed by atoms with E-state index >= 15 is 0 Å². The molecule has 5 rings (SSSR count). The zero-order valence-corrected chi connectivity index (χ0v) is 23.7. The van der Waals surface area contributed by atoms with Crippen molar-refractivity contribution in [1.29, 1.82) is 0 Å². The van der Waals surface area contributed by atoms with E-state index in [0.29, 0.717) is 5.92 Å². The third-order valence-electron chi connectivity index (χ3n) is 7.01. The van der Waals surface area contributed by atoms with Crippen LogP contribution in [0.25, 0.3) is 33.5 Å². The molecule has 43 heavy (non-hydrogen) atoms. The second kappa shape index (κ2) is 14.0. The number of rotatable bonds is 8. The maximum Gasteiger partial charge on any atom is 0.490 e. The summed E-state index contributed by atoms with van der Waals surface area (Å²) < 4.78 is 36.9. The van der Waals surface area contributed by atoms with Crippen LogP contribution < -0.4 is 5.32 Å². The van der Waals surface area contributed by atoms with Crippen LogP contribution in [0.2, 0.25) is 0 Å². The Bertz CT molecular complexity index is 1570. The van der Waals surface area contributed by atoms with E-state index in [1.165, 1.54) is 22.3 Å². The van der Waals surface area contributed by atoms with Gasteiger partial charge in [-0.25, -0.2) is 14.6 Å². The number of nitrogens with zero attached hydrogens (tertiary/aromatic N) is 2. The number of H-pyrrole nitrogens is 1. The Kier molecular flexibility index (Phi) is 10.2. The molecule has 4 aromatic rings. The highest BCUT2D eigenvalue weighted by atomic mass is 19.4. The lowest BCUT2D eigenvalue weighted by Gasteiger charge is -2.16. The number of aromatic nitrogens is 2. The second-order valence-electron chi connectivity index (χ2n) is 10.2. The first-order valence-electron chi connectivity index (χ1n) is 13.7. The highest BCUT2D eigenvalue weighted by Crippen LogP contribution is 2.26. The quantitative estimate of drug-likeness (QED) is 0.199. The van der Waals surface area contributed by atoms with Gasteiger partial charge in [-0.3, -0.25) is 0 Å². The Morgan fingerprint density at radius 3 is 2.49 bits per heavy atom. The molecule has 11 heteroatoms. The first-order valence-corrected chi connectivity index (χ1v) is 13.7. The van der Waals surface area contributed by atoms with Crippen molar-refractivity contribution in [3.8, 4) is 22.5 Å². The number of fused-ring (bicyclic) bond motifs is 1. The van der Waals surface area contributed by atoms with Crippen LogP contribution in [-0.4, -0.2) is 64.5 Å². The lowest BCUT2D eigenvalue weighted by Crippen LogP contribution is -2.31. The van der Waals surface area contributed by atoms with Gasteiger partial charge in [0.2, 0.25) is 0 Å². The van der Waals surface area contributed by atoms with Crippen molar-refractivity contribution in [2.75, 3.05) is 26.2 Å². The molecule has 0 bridgehead atoms. The molecule has 3 N–H and O–H groups in total. The predicted molar refractivity (Wildman–Crippen MR) is 158 cm³/mol. The summed E-state index contributed by atoms with van der Waals surface area (Å²) in [5.74, 6) is -1.42. The lowest BCUT2D eigenvalue weighted by atomic mass is 10.0. The van der Waals surface area contributed by atoms with Gasteiger partial charge in [0.1, 0.15) is 12.4 Å². The van der Waals surface area contributed by atoms with E-state index in [-0.39, 0.29) is 12.7 Å². The third-order valence-corrected chi connectivity index (χ3v) is 7.01. The van der Waals surface area contributed by atoms with Crippen molar-refractivity contribution in [2.45, 2.75) is 26.1 Å². The Hall–Kier alpha value is -4.64. The molecule has 0 spiro atoms. The summed E-state index contributed by atoms with van der Waals surface area (Å²) in [7, 11) is 0. The van der Waals surface area contributed by atoms with Gasteiger partial charge in [-0.2, -0.15) is 13.2 Å². The summed E-state index contributed by atoms with van der Waals surface area (Å²) in [5.41, 5.74) is 7.95. The summed E-state index contributed by atoms with van der Waals surface area (Å²) in [5, 5.41) is 10.7. The molecule has 1 unspecified atom stereocenters. The van der Waals surface area contributed by atoms with Crippen LogP contribution in [0, 0.1) is 12.8 Å². The third kappa shape index (κ3) is 8.45. The Morgan fingerprint density at radius 2 is 1.81 bits per heavy atom. The van der Waals surface area contributed by atoms with Crippen molar-refractivity contribution in [3.63, 3.8) is 0 Å². The molecule has 1 aromatic heterocycles. The van der Waals surface area contributed by atoms with Crippen molar-refractivity contribution in [2.24, 2.45) is 5.92 Å². The Labute approximate surface area is 247 Å². The Morgan fingerprint density at radius 1 is 1.12 bits per heavy atom. The van der Waals surface area contributed by atoms with Crippen LogP contribution in [0.15, 0.2) is 79.4 Å². The number of hydrogen-bond acceptors (Lipinski definition) is 5. The zero-order chi connectivity index (χ0) is 31.0. The number of nitrogens with one attached hydrogen (secondary N) is 2. The fourth-order valence-corrected chi connectivity index (χ4v) is 4.80. The number of amides is 1. The average molecular weight is 595 g/mol. The summed E-state index contributed by atoms with van der Waals surface area (Å²) in [4.78, 5) is 30.9. The molecule has 1 aliphatic heterocycles. The fraction of sp³-hybridized carbons (Fsp3) is 0.281. The summed E-state index contributed by atoms with van der Waals surface area (Å²) >= 11 is 0. The smallest absolute Gasteiger partial charge is 0.475 e. The number of alkyl halides is 3. The number of carbonyl (C=O) groups is 2. The number of aliphatic carboxylic acids is 1. The number of aromatic amines is 1. The van der Waals surface area contributed by atoms with E-state index < -0.39 is 12.1 Å². The van der Waals surface area contributed by atoms with Crippen LogP contribution >= 0.6 is 0 Å². The molecule has 1 saturated heterocycles. The fourth-order valence-electron chi connectivity index (χ4n) is 4.80. The van der Waals surface area contributed by atoms with E-state index in [0.717, 1.165) is 55.0 Å². The van der Waals surface area contributed by atoms with E-state index in [1.807, 2.05) is 0 Å². The Balaban J connectivity index is 0.000000541. The molecule has 1 aliphatic rings. The van der Waals surface area contributed by atoms with Gasteiger partial charge >= 0.3 is 18.2 Å². The highest BCUT2D eigenvalue weighted by molar-refractivity contribution is 5.82. The number of aryl methyl sites for hydroxylation is 1. The maximum absolute atomic E-state index is 12.0. The largest absolute Gasteiger partial charge is 0.490 e. The van der Waals surface area contributed by atoms with Gasteiger partial charge in [-0.1, -0.05) is 67.3 Å². The summed E-state index contributed by atoms with van der Waals surface area (Å²) in [6, 6.07) is 23.4. The number of benzene rings is 3. The standard InChI is InChI=1S/C30H32N4O2.C2HF3O2/c1-3-16-36-30(35)34-15-14-23(20-34)19-31-18-22-7-5-8-26(17-22)24-10-12-25(13-11-24)29-32-27-9-4-6-21(2)28(27)33-29;3-2(4,5)1(6)7/h3-13,17,23,31H,1,14-16,18-20H2,2H3,(H,32,33);(H,6,7). The molecule has 0 aliphatic carbocycles. The number of carbonyl (C=O) groups excluding carboxylic acids is 1. The number of imidazole rings is 1. The predicted octanol–water partition coefficient (Wildman–Crippen LogP) is 6.57. The van der Waals surface area contributed by atoms with Crippen molar-refractivity contribution in [1.82, 2.24) is 20.2 Å². The second-order valence-corrected chi connectivity index (χ2v) is 10.2. The van der Waals surface area contributed by atoms with Gasteiger partial charge in [0.25, 0.3) is 0 Å². The molecule has 1 fully saturated rings. The minimum atomic E-state index is -5.08. The van der Waals surface area contributed by atoms with Gasteiger partial charge in [-0.05, 0) is 53.6 Å². The normalized spacial score (nSPS) is 14.7. The van der Waals surface area contributed by atoms with Crippen LogP contribution in [-0.2, 0) is 16.1 Å². The molecular weight excluding hydrogens is 561 g/mol. The van der Waals surface area contributed by atoms with Gasteiger partial charge in [-0.15, -0.1) is 0 Å². The first kappa shape index (κ1) is 31.3. The summed E-state index contributed by atoms with van der Waals surface area (Å²) in [6.07, 6.45) is -2.74. The molecule has 0 saturated carbocycles. The highest BCUT2D eigenvalue weighted by Gasteiger charge is 2.38. The van der Waals surface area contributed by atoms with E-state index in [2.05, 4.69) is 90.5 Å². The van der Waals surface area contributed by atoms with Gasteiger partial charge in [0.05, 0.1) is 11.0 Å². The van der Waals surface area contributed by atoms with Crippen LogP contribution in [0.5, 0.6) is 0 Å². The molecule has 226 valence electrons. The lowest BCUT2D eigenvalue weighted by molar-refractivity contribution is -0.192. The number of likely N-dealkylation sites (tertiary alicyclic amines) is 1. The molecule has 1 amide bonds. The van der Waals surface area contributed by atoms with Crippen molar-refractivity contribution in [3.05, 3.63) is 90.5 Å². The van der Waals surface area contributed by atoms with E-state index in [9.17, 15) is 18.0 Å². The minimum Gasteiger partial charge on any atom is -0.475 e. The van der Waals surface area contributed by atoms with Crippen LogP contribution in [0.3, 0.4) is 0 Å². The zero-order valence-electron chi connectivity index (χ0n) is 23.7. The molecule has 0 radical (unpaired) electrons. The van der Waals surface area contributed by atoms with Gasteiger partial charge in [0.15, 0.2) is 0 Å². The number of para-hydroxylation sites is 1. The monoisotopic (exact) mass is 594 g/mol. The number of carboxylic acid groups (broad SMARTS) is 1. The van der Waals surface area contributed by atoms with Crippen LogP contribution in [0.1, 0.15) is 17.5 Å². The minimum absolute atomic E-state index is 0.244. The molecule has 1 atom stereocenters. The number of carboxylic acids is 1. The van der Waals surface area contributed by atoms with Crippen molar-refractivity contribution >= 4 is 23.1 Å². The topological polar surface area (TPSA) is 108 Å². The molecule has 8 nitrogen and oxygen atoms in total. The van der Waals surface area contributed by atoms with Gasteiger partial charge in [0, 0.05) is 31.7 Å². The summed E-state index contributed by atoms with van der Waals surface area (Å²) in [6.45, 7) is 9.09. The average Bonchev–Trinajstić information content (AvgIpc) is 3.65. The maximum atomic E-state index is 12.0. The first-order chi connectivity index (χ1) is 20.5. The van der Waals surface area contributed by atoms with Crippen LogP contribution in [0.4, 0.5) is 18.0 Å². The molecule has 3 aromatic carbocycles. The molecular formula is C32H33F3N4O4. The van der Waals surface area contributed by atoms with Gasteiger partial charge < -0.3 is 25.0 Å². The van der Waals surface area contributed by atoms with E-state index in [4.69, 9.17) is 19.6 Å². The molecule has 2 heterocycles. The number of hydrogen-bond donors (Lipinski definition) is 3. The van der Waals surface area contributed by atoms with Crippen molar-refractivity contribution < 1.29 is 32.6 Å². The van der Waals surface area contributed by atoms with E-state index in [1.54, 1.807) is 11.0 Å². The number of halogens is 3. The SMILES string of the molecule is C=CCOC(=O)N1CCC(CNCc2cccc(-c3ccc(-c4nc5c(C)cccc5[nH]4)cc3)c2)C1.O=C(O)C(F)(F)F. The number of ether oxygens (including phenoxy) is 1.